The lowest BCUT2D eigenvalue weighted by Gasteiger charge is -2.16. The van der Waals surface area contributed by atoms with Gasteiger partial charge in [-0.2, -0.15) is 0 Å². The summed E-state index contributed by atoms with van der Waals surface area (Å²) in [5, 5.41) is 5.04. The Kier molecular flexibility index (Phi) is 5.24. The van der Waals surface area contributed by atoms with Crippen LogP contribution in [0.5, 0.6) is 0 Å². The number of nitrogens with one attached hydrogen (secondary N) is 1. The Hall–Kier alpha value is -2.78. The second-order valence-corrected chi connectivity index (χ2v) is 8.81. The van der Waals surface area contributed by atoms with Gasteiger partial charge in [0.05, 0.1) is 17.6 Å². The average molecular weight is 403 g/mol. The van der Waals surface area contributed by atoms with E-state index in [1.165, 1.54) is 22.7 Å². The number of pyridine rings is 1. The zero-order chi connectivity index (χ0) is 19.6. The molecule has 7 nitrogen and oxygen atoms in total. The van der Waals surface area contributed by atoms with Gasteiger partial charge < -0.3 is 0 Å². The normalized spacial score (nSPS) is 11.2. The van der Waals surface area contributed by atoms with Crippen LogP contribution in [-0.2, 0) is 10.0 Å². The van der Waals surface area contributed by atoms with E-state index in [0.717, 1.165) is 17.5 Å². The molecule has 3 aromatic rings. The van der Waals surface area contributed by atoms with Crippen molar-refractivity contribution in [2.24, 2.45) is 0 Å². The number of amides is 1. The highest BCUT2D eigenvalue weighted by Crippen LogP contribution is 2.27. The molecule has 1 amide bonds. The van der Waals surface area contributed by atoms with Crippen LogP contribution in [0.2, 0.25) is 0 Å². The van der Waals surface area contributed by atoms with Crippen molar-refractivity contribution in [3.8, 4) is 11.3 Å². The Balaban J connectivity index is 1.75. The van der Waals surface area contributed by atoms with Crippen molar-refractivity contribution in [1.82, 2.24) is 9.97 Å². The number of hydrogen-bond acceptors (Lipinski definition) is 6. The van der Waals surface area contributed by atoms with Gasteiger partial charge in [0.2, 0.25) is 10.0 Å². The molecule has 0 atom stereocenters. The zero-order valence-electron chi connectivity index (χ0n) is 15.0. The summed E-state index contributed by atoms with van der Waals surface area (Å²) in [7, 11) is -1.81. The molecule has 140 valence electrons. The maximum Gasteiger partial charge on any atom is 0.276 e. The highest BCUT2D eigenvalue weighted by molar-refractivity contribution is 7.92. The molecule has 0 fully saturated rings. The minimum atomic E-state index is -3.31. The van der Waals surface area contributed by atoms with Crippen molar-refractivity contribution in [1.29, 1.82) is 0 Å². The Morgan fingerprint density at radius 2 is 1.81 bits per heavy atom. The molecule has 1 N–H and O–H groups in total. The van der Waals surface area contributed by atoms with Crippen LogP contribution in [0.1, 0.15) is 16.2 Å². The van der Waals surface area contributed by atoms with Gasteiger partial charge in [-0.15, -0.1) is 11.3 Å². The molecule has 0 radical (unpaired) electrons. The number of aromatic nitrogens is 2. The molecule has 0 bridgehead atoms. The number of anilines is 2. The number of hydrogen-bond donors (Lipinski definition) is 1. The fourth-order valence-electron chi connectivity index (χ4n) is 2.33. The Bertz CT molecular complexity index is 1080. The smallest absolute Gasteiger partial charge is 0.276 e. The van der Waals surface area contributed by atoms with Crippen LogP contribution in [0.25, 0.3) is 11.3 Å². The molecule has 0 aliphatic rings. The summed E-state index contributed by atoms with van der Waals surface area (Å²) in [6, 6.07) is 12.3. The highest BCUT2D eigenvalue weighted by atomic mass is 32.2. The van der Waals surface area contributed by atoms with Gasteiger partial charge in [-0.25, -0.2) is 18.4 Å². The number of carbonyl (C=O) groups excluding carboxylic acids is 1. The molecular weight excluding hydrogens is 384 g/mol. The van der Waals surface area contributed by atoms with Gasteiger partial charge in [0.1, 0.15) is 5.69 Å². The molecule has 0 saturated heterocycles. The molecule has 27 heavy (non-hydrogen) atoms. The van der Waals surface area contributed by atoms with E-state index in [2.05, 4.69) is 15.3 Å². The van der Waals surface area contributed by atoms with Crippen molar-refractivity contribution >= 4 is 38.1 Å². The lowest BCUT2D eigenvalue weighted by Crippen LogP contribution is -2.24. The monoisotopic (exact) mass is 402 g/mol. The van der Waals surface area contributed by atoms with Crippen LogP contribution in [-0.4, -0.2) is 37.6 Å². The third-order valence-electron chi connectivity index (χ3n) is 3.87. The number of rotatable bonds is 5. The minimum absolute atomic E-state index is 0.315. The Labute approximate surface area is 161 Å². The van der Waals surface area contributed by atoms with E-state index in [-0.39, 0.29) is 5.91 Å². The first kappa shape index (κ1) is 19.0. The summed E-state index contributed by atoms with van der Waals surface area (Å²) in [6.45, 7) is 1.82. The predicted molar refractivity (Wildman–Crippen MR) is 108 cm³/mol. The van der Waals surface area contributed by atoms with Gasteiger partial charge in [-0.1, -0.05) is 18.2 Å². The van der Waals surface area contributed by atoms with Crippen LogP contribution >= 0.6 is 11.3 Å². The summed E-state index contributed by atoms with van der Waals surface area (Å²) in [5.74, 6) is -0.315. The molecule has 0 aliphatic carbocycles. The fourth-order valence-corrected chi connectivity index (χ4v) is 3.55. The summed E-state index contributed by atoms with van der Waals surface area (Å²) in [5.41, 5.74) is 3.18. The van der Waals surface area contributed by atoms with Crippen molar-refractivity contribution in [2.45, 2.75) is 6.92 Å². The summed E-state index contributed by atoms with van der Waals surface area (Å²) in [6.07, 6.45) is 1.15. The first-order valence-electron chi connectivity index (χ1n) is 7.99. The lowest BCUT2D eigenvalue weighted by atomic mass is 10.1. The summed E-state index contributed by atoms with van der Waals surface area (Å²) in [4.78, 5) is 20.9. The number of nitrogens with zero attached hydrogens (tertiary/aromatic N) is 3. The van der Waals surface area contributed by atoms with Crippen LogP contribution in [0.15, 0.2) is 47.8 Å². The predicted octanol–water partition coefficient (Wildman–Crippen LogP) is 3.16. The molecule has 0 aliphatic heterocycles. The average Bonchev–Trinajstić information content (AvgIpc) is 3.09. The van der Waals surface area contributed by atoms with Crippen LogP contribution in [0.4, 0.5) is 10.8 Å². The van der Waals surface area contributed by atoms with E-state index in [0.29, 0.717) is 22.2 Å². The van der Waals surface area contributed by atoms with E-state index in [1.807, 2.05) is 18.4 Å². The van der Waals surface area contributed by atoms with Crippen LogP contribution in [0.3, 0.4) is 0 Å². The zero-order valence-corrected chi connectivity index (χ0v) is 16.6. The van der Waals surface area contributed by atoms with E-state index in [9.17, 15) is 13.2 Å². The molecule has 2 heterocycles. The van der Waals surface area contributed by atoms with Gasteiger partial charge in [0.15, 0.2) is 5.13 Å². The molecule has 0 saturated carbocycles. The first-order chi connectivity index (χ1) is 12.7. The first-order valence-corrected chi connectivity index (χ1v) is 10.7. The minimum Gasteiger partial charge on any atom is -0.296 e. The van der Waals surface area contributed by atoms with Crippen molar-refractivity contribution in [3.63, 3.8) is 0 Å². The summed E-state index contributed by atoms with van der Waals surface area (Å²) >= 11 is 1.31. The van der Waals surface area contributed by atoms with E-state index in [4.69, 9.17) is 0 Å². The molecule has 0 spiro atoms. The van der Waals surface area contributed by atoms with Crippen molar-refractivity contribution in [2.75, 3.05) is 22.9 Å². The van der Waals surface area contributed by atoms with Gasteiger partial charge in [0, 0.05) is 23.7 Å². The Morgan fingerprint density at radius 3 is 2.44 bits per heavy atom. The topological polar surface area (TPSA) is 92.3 Å². The number of sulfonamides is 1. The van der Waals surface area contributed by atoms with Crippen molar-refractivity contribution in [3.05, 3.63) is 59.2 Å². The second-order valence-electron chi connectivity index (χ2n) is 5.93. The number of benzene rings is 1. The number of carbonyl (C=O) groups is 1. The van der Waals surface area contributed by atoms with E-state index in [1.54, 1.807) is 36.4 Å². The van der Waals surface area contributed by atoms with E-state index >= 15 is 0 Å². The quantitative estimate of drug-likeness (QED) is 0.708. The van der Waals surface area contributed by atoms with Crippen LogP contribution < -0.4 is 9.62 Å². The maximum atomic E-state index is 12.3. The third kappa shape index (κ3) is 4.50. The van der Waals surface area contributed by atoms with Crippen LogP contribution in [0, 0.1) is 6.92 Å². The molecular formula is C18H18N4O3S2. The highest BCUT2D eigenvalue weighted by Gasteiger charge is 2.13. The van der Waals surface area contributed by atoms with Gasteiger partial charge in [-0.3, -0.25) is 14.4 Å². The maximum absolute atomic E-state index is 12.3. The van der Waals surface area contributed by atoms with Gasteiger partial charge in [0.25, 0.3) is 5.91 Å². The second kappa shape index (κ2) is 7.45. The Morgan fingerprint density at radius 1 is 1.11 bits per heavy atom. The van der Waals surface area contributed by atoms with E-state index < -0.39 is 10.0 Å². The van der Waals surface area contributed by atoms with Gasteiger partial charge >= 0.3 is 0 Å². The fraction of sp³-hybridized carbons (Fsp3) is 0.167. The molecule has 9 heteroatoms. The molecule has 1 aromatic carbocycles. The largest absolute Gasteiger partial charge is 0.296 e. The SMILES string of the molecule is Cc1cccc(C(=O)Nc2nc(-c3ccc(N(C)S(C)(=O)=O)cc3)cs2)n1. The summed E-state index contributed by atoms with van der Waals surface area (Å²) < 4.78 is 24.4. The van der Waals surface area contributed by atoms with Crippen molar-refractivity contribution < 1.29 is 13.2 Å². The molecule has 0 unspecified atom stereocenters. The third-order valence-corrected chi connectivity index (χ3v) is 5.83. The molecule has 2 aromatic heterocycles. The number of aryl methyl sites for hydroxylation is 1. The molecule has 3 rings (SSSR count). The number of thiazole rings is 1. The standard InChI is InChI=1S/C18H18N4O3S2/c1-12-5-4-6-15(19-12)17(23)21-18-20-16(11-26-18)13-7-9-14(10-8-13)22(2)27(3,24)25/h4-11H,1-3H3,(H,20,21,23). The van der Waals surface area contributed by atoms with Gasteiger partial charge in [-0.05, 0) is 31.2 Å². The lowest BCUT2D eigenvalue weighted by molar-refractivity contribution is 0.102.